The fraction of sp³-hybridized carbons (Fsp3) is 1.00. The molecule has 1 rings (SSSR count). The highest BCUT2D eigenvalue weighted by molar-refractivity contribution is 4.85. The Labute approximate surface area is 49.7 Å². The maximum atomic E-state index is 8.56. The van der Waals surface area contributed by atoms with Gasteiger partial charge in [-0.1, -0.05) is 0 Å². The van der Waals surface area contributed by atoms with Crippen molar-refractivity contribution in [3.63, 3.8) is 0 Å². The van der Waals surface area contributed by atoms with E-state index in [9.17, 15) is 0 Å². The van der Waals surface area contributed by atoms with Gasteiger partial charge in [-0.15, -0.1) is 0 Å². The predicted molar refractivity (Wildman–Crippen MR) is 32.4 cm³/mol. The molecule has 0 aromatic heterocycles. The molecule has 0 spiro atoms. The predicted octanol–water partition coefficient (Wildman–Crippen LogP) is -0.0364. The molecule has 8 heavy (non-hydrogen) atoms. The first-order chi connectivity index (χ1) is 3.88. The van der Waals surface area contributed by atoms with Gasteiger partial charge in [-0.2, -0.15) is 0 Å². The van der Waals surface area contributed by atoms with E-state index in [0.717, 1.165) is 18.9 Å². The smallest absolute Gasteiger partial charge is 0.0462 e. The molecular formula is C6H13NO. The summed E-state index contributed by atoms with van der Waals surface area (Å²) in [6, 6.07) is 0. The number of aliphatic hydroxyl groups is 1. The molecule has 0 saturated heterocycles. The zero-order valence-electron chi connectivity index (χ0n) is 5.01. The van der Waals surface area contributed by atoms with Crippen LogP contribution in [0.4, 0.5) is 0 Å². The van der Waals surface area contributed by atoms with Crippen molar-refractivity contribution in [3.05, 3.63) is 0 Å². The van der Waals surface area contributed by atoms with Gasteiger partial charge in [-0.25, -0.2) is 0 Å². The normalized spacial score (nSPS) is 35.2. The van der Waals surface area contributed by atoms with E-state index in [4.69, 9.17) is 10.8 Å². The molecule has 0 aliphatic heterocycles. The standard InChI is InChI=1S/C6H13NO/c7-2-1-5-3-6(5)4-8/h5-6,8H,1-4,7H2. The summed E-state index contributed by atoms with van der Waals surface area (Å²) in [7, 11) is 0. The molecule has 2 nitrogen and oxygen atoms in total. The molecule has 1 aliphatic carbocycles. The summed E-state index contributed by atoms with van der Waals surface area (Å²) in [6.07, 6.45) is 2.30. The second kappa shape index (κ2) is 2.46. The van der Waals surface area contributed by atoms with Gasteiger partial charge in [0.15, 0.2) is 0 Å². The third-order valence-corrected chi connectivity index (χ3v) is 1.84. The minimum Gasteiger partial charge on any atom is -0.396 e. The topological polar surface area (TPSA) is 46.2 Å². The van der Waals surface area contributed by atoms with E-state index in [-0.39, 0.29) is 0 Å². The van der Waals surface area contributed by atoms with Crippen LogP contribution in [-0.2, 0) is 0 Å². The number of hydrogen-bond donors (Lipinski definition) is 2. The Balaban J connectivity index is 1.99. The molecule has 48 valence electrons. The van der Waals surface area contributed by atoms with E-state index in [1.807, 2.05) is 0 Å². The number of rotatable bonds is 3. The average Bonchev–Trinajstić information content (AvgIpc) is 2.48. The zero-order chi connectivity index (χ0) is 5.98. The molecule has 0 radical (unpaired) electrons. The lowest BCUT2D eigenvalue weighted by Crippen LogP contribution is -2.00. The van der Waals surface area contributed by atoms with Crippen LogP contribution in [0.3, 0.4) is 0 Å². The number of hydrogen-bond acceptors (Lipinski definition) is 2. The van der Waals surface area contributed by atoms with Crippen LogP contribution in [0.1, 0.15) is 12.8 Å². The SMILES string of the molecule is NCCC1CC1CO. The Kier molecular flexibility index (Phi) is 1.86. The van der Waals surface area contributed by atoms with Crippen molar-refractivity contribution in [1.82, 2.24) is 0 Å². The summed E-state index contributed by atoms with van der Waals surface area (Å²) >= 11 is 0. The molecule has 2 heteroatoms. The van der Waals surface area contributed by atoms with Crippen molar-refractivity contribution < 1.29 is 5.11 Å². The van der Waals surface area contributed by atoms with Crippen LogP contribution in [0.25, 0.3) is 0 Å². The number of nitrogens with two attached hydrogens (primary N) is 1. The first-order valence-corrected chi connectivity index (χ1v) is 3.19. The van der Waals surface area contributed by atoms with Gasteiger partial charge in [0, 0.05) is 6.61 Å². The maximum absolute atomic E-state index is 8.56. The molecule has 0 bridgehead atoms. The van der Waals surface area contributed by atoms with Crippen LogP contribution in [0.5, 0.6) is 0 Å². The molecule has 3 N–H and O–H groups in total. The summed E-state index contributed by atoms with van der Waals surface area (Å²) in [4.78, 5) is 0. The zero-order valence-corrected chi connectivity index (χ0v) is 5.01. The second-order valence-corrected chi connectivity index (χ2v) is 2.52. The molecule has 2 atom stereocenters. The van der Waals surface area contributed by atoms with E-state index < -0.39 is 0 Å². The molecule has 2 unspecified atom stereocenters. The highest BCUT2D eigenvalue weighted by Gasteiger charge is 2.34. The van der Waals surface area contributed by atoms with Gasteiger partial charge < -0.3 is 10.8 Å². The fourth-order valence-corrected chi connectivity index (χ4v) is 1.10. The highest BCUT2D eigenvalue weighted by Crippen LogP contribution is 2.39. The Morgan fingerprint density at radius 2 is 2.25 bits per heavy atom. The Bertz CT molecular complexity index is 74.9. The molecule has 1 aliphatic rings. The van der Waals surface area contributed by atoms with Crippen molar-refractivity contribution >= 4 is 0 Å². The van der Waals surface area contributed by atoms with E-state index in [1.54, 1.807) is 0 Å². The average molecular weight is 115 g/mol. The first-order valence-electron chi connectivity index (χ1n) is 3.19. The van der Waals surface area contributed by atoms with Gasteiger partial charge in [-0.05, 0) is 31.2 Å². The van der Waals surface area contributed by atoms with Crippen LogP contribution < -0.4 is 5.73 Å². The quantitative estimate of drug-likeness (QED) is 0.542. The molecule has 0 aromatic carbocycles. The van der Waals surface area contributed by atoms with Crippen molar-refractivity contribution in [1.29, 1.82) is 0 Å². The maximum Gasteiger partial charge on any atom is 0.0462 e. The first kappa shape index (κ1) is 6.05. The summed E-state index contributed by atoms with van der Waals surface area (Å²) in [5.74, 6) is 1.35. The number of aliphatic hydroxyl groups excluding tert-OH is 1. The van der Waals surface area contributed by atoms with Crippen molar-refractivity contribution in [2.45, 2.75) is 12.8 Å². The molecule has 0 heterocycles. The van der Waals surface area contributed by atoms with Crippen LogP contribution in [0.2, 0.25) is 0 Å². The minimum absolute atomic E-state index is 0.366. The van der Waals surface area contributed by atoms with Crippen LogP contribution >= 0.6 is 0 Å². The fourth-order valence-electron chi connectivity index (χ4n) is 1.10. The largest absolute Gasteiger partial charge is 0.396 e. The van der Waals surface area contributed by atoms with Gasteiger partial charge >= 0.3 is 0 Å². The third-order valence-electron chi connectivity index (χ3n) is 1.84. The molecule has 0 amide bonds. The molecular weight excluding hydrogens is 102 g/mol. The second-order valence-electron chi connectivity index (χ2n) is 2.52. The molecule has 1 fully saturated rings. The van der Waals surface area contributed by atoms with Gasteiger partial charge in [0.05, 0.1) is 0 Å². The van der Waals surface area contributed by atoms with Gasteiger partial charge in [0.25, 0.3) is 0 Å². The van der Waals surface area contributed by atoms with E-state index in [0.29, 0.717) is 12.5 Å². The third kappa shape index (κ3) is 1.20. The summed E-state index contributed by atoms with van der Waals surface area (Å²) in [5.41, 5.74) is 5.30. The van der Waals surface area contributed by atoms with E-state index >= 15 is 0 Å². The van der Waals surface area contributed by atoms with E-state index in [2.05, 4.69) is 0 Å². The van der Waals surface area contributed by atoms with Gasteiger partial charge in [0.2, 0.25) is 0 Å². The lowest BCUT2D eigenvalue weighted by molar-refractivity contribution is 0.268. The minimum atomic E-state index is 0.366. The van der Waals surface area contributed by atoms with Gasteiger partial charge in [0.1, 0.15) is 0 Å². The molecule has 1 saturated carbocycles. The lowest BCUT2D eigenvalue weighted by Gasteiger charge is -1.90. The van der Waals surface area contributed by atoms with Crippen molar-refractivity contribution in [3.8, 4) is 0 Å². The summed E-state index contributed by atoms with van der Waals surface area (Å²) < 4.78 is 0. The van der Waals surface area contributed by atoms with Crippen LogP contribution in [0, 0.1) is 11.8 Å². The van der Waals surface area contributed by atoms with Crippen molar-refractivity contribution in [2.75, 3.05) is 13.2 Å². The Hall–Kier alpha value is -0.0800. The van der Waals surface area contributed by atoms with Crippen LogP contribution in [0.15, 0.2) is 0 Å². The summed E-state index contributed by atoms with van der Waals surface area (Å²) in [5, 5.41) is 8.56. The van der Waals surface area contributed by atoms with Crippen molar-refractivity contribution in [2.24, 2.45) is 17.6 Å². The highest BCUT2D eigenvalue weighted by atomic mass is 16.3. The lowest BCUT2D eigenvalue weighted by atomic mass is 10.2. The van der Waals surface area contributed by atoms with E-state index in [1.165, 1.54) is 6.42 Å². The van der Waals surface area contributed by atoms with Gasteiger partial charge in [-0.3, -0.25) is 0 Å². The summed E-state index contributed by atoms with van der Waals surface area (Å²) in [6.45, 7) is 1.14. The molecule has 0 aromatic rings. The Morgan fingerprint density at radius 1 is 1.50 bits per heavy atom. The van der Waals surface area contributed by atoms with Crippen LogP contribution in [-0.4, -0.2) is 18.3 Å². The Morgan fingerprint density at radius 3 is 2.62 bits per heavy atom. The monoisotopic (exact) mass is 115 g/mol.